The Labute approximate surface area is 72.4 Å². The van der Waals surface area contributed by atoms with E-state index in [1.54, 1.807) is 0 Å². The highest BCUT2D eigenvalue weighted by atomic mass is 14.1. The zero-order chi connectivity index (χ0) is 8.85. The molecule has 0 fully saturated rings. The maximum Gasteiger partial charge on any atom is -0.0438 e. The second-order valence-corrected chi connectivity index (χ2v) is 4.48. The van der Waals surface area contributed by atoms with Gasteiger partial charge >= 0.3 is 0 Å². The first-order valence-corrected chi connectivity index (χ1v) is 5.06. The van der Waals surface area contributed by atoms with Gasteiger partial charge in [0.1, 0.15) is 0 Å². The van der Waals surface area contributed by atoms with Crippen LogP contribution in [0.25, 0.3) is 0 Å². The highest BCUT2D eigenvalue weighted by molar-refractivity contribution is 4.60. The summed E-state index contributed by atoms with van der Waals surface area (Å²) in [5, 5.41) is 0. The van der Waals surface area contributed by atoms with E-state index in [9.17, 15) is 0 Å². The fourth-order valence-corrected chi connectivity index (χ4v) is 1.75. The highest BCUT2D eigenvalue weighted by Gasteiger charge is 2.08. The summed E-state index contributed by atoms with van der Waals surface area (Å²) >= 11 is 0. The molecule has 11 heavy (non-hydrogen) atoms. The topological polar surface area (TPSA) is 0 Å². The summed E-state index contributed by atoms with van der Waals surface area (Å²) in [6.07, 6.45) is 4.14. The molecule has 0 nitrogen and oxygen atoms in total. The Morgan fingerprint density at radius 3 is 1.73 bits per heavy atom. The maximum atomic E-state index is 2.38. The minimum Gasteiger partial charge on any atom is -0.0651 e. The van der Waals surface area contributed by atoms with Crippen LogP contribution in [0.5, 0.6) is 0 Å². The normalized spacial score (nSPS) is 16.9. The van der Waals surface area contributed by atoms with Gasteiger partial charge in [-0.3, -0.25) is 0 Å². The zero-order valence-corrected chi connectivity index (χ0v) is 8.85. The van der Waals surface area contributed by atoms with E-state index >= 15 is 0 Å². The van der Waals surface area contributed by atoms with E-state index in [1.807, 2.05) is 0 Å². The van der Waals surface area contributed by atoms with Gasteiger partial charge in [0.05, 0.1) is 0 Å². The third-order valence-electron chi connectivity index (χ3n) is 2.38. The molecule has 68 valence electrons. The van der Waals surface area contributed by atoms with Gasteiger partial charge in [0.25, 0.3) is 0 Å². The highest BCUT2D eigenvalue weighted by Crippen LogP contribution is 2.20. The molecule has 0 saturated carbocycles. The summed E-state index contributed by atoms with van der Waals surface area (Å²) in [6.45, 7) is 11.6. The van der Waals surface area contributed by atoms with Crippen molar-refractivity contribution in [2.45, 2.75) is 53.9 Å². The van der Waals surface area contributed by atoms with E-state index in [1.165, 1.54) is 19.3 Å². The lowest BCUT2D eigenvalue weighted by Gasteiger charge is -2.17. The van der Waals surface area contributed by atoms with E-state index in [2.05, 4.69) is 34.6 Å². The van der Waals surface area contributed by atoms with Crippen LogP contribution in [0.15, 0.2) is 0 Å². The minimum atomic E-state index is 0.869. The molecule has 0 bridgehead atoms. The largest absolute Gasteiger partial charge is 0.0651 e. The van der Waals surface area contributed by atoms with Crippen molar-refractivity contribution in [1.82, 2.24) is 0 Å². The zero-order valence-electron chi connectivity index (χ0n) is 8.85. The van der Waals surface area contributed by atoms with Crippen molar-refractivity contribution in [3.05, 3.63) is 0 Å². The fraction of sp³-hybridized carbons (Fsp3) is 1.00. The average Bonchev–Trinajstić information content (AvgIpc) is 1.85. The van der Waals surface area contributed by atoms with Gasteiger partial charge in [-0.05, 0) is 30.6 Å². The van der Waals surface area contributed by atoms with E-state index in [0.29, 0.717) is 0 Å². The van der Waals surface area contributed by atoms with Gasteiger partial charge in [-0.2, -0.15) is 0 Å². The maximum absolute atomic E-state index is 2.38. The molecule has 0 heteroatoms. The van der Waals surface area contributed by atoms with Crippen molar-refractivity contribution in [1.29, 1.82) is 0 Å². The van der Waals surface area contributed by atoms with Crippen LogP contribution in [0, 0.1) is 17.8 Å². The second-order valence-electron chi connectivity index (χ2n) is 4.48. The van der Waals surface area contributed by atoms with Gasteiger partial charge in [-0.25, -0.2) is 0 Å². The molecule has 0 spiro atoms. The van der Waals surface area contributed by atoms with Gasteiger partial charge in [-0.15, -0.1) is 0 Å². The van der Waals surface area contributed by atoms with Crippen LogP contribution < -0.4 is 0 Å². The molecule has 0 amide bonds. The molecule has 0 aromatic carbocycles. The molecular formula is C11H24. The van der Waals surface area contributed by atoms with Crippen LogP contribution in [0.2, 0.25) is 0 Å². The predicted octanol–water partition coefficient (Wildman–Crippen LogP) is 4.10. The molecule has 0 radical (unpaired) electrons. The Kier molecular flexibility index (Phi) is 5.62. The lowest BCUT2D eigenvalue weighted by molar-refractivity contribution is 0.350. The van der Waals surface area contributed by atoms with Crippen LogP contribution in [0.1, 0.15) is 53.9 Å². The molecule has 0 aromatic heterocycles. The lowest BCUT2D eigenvalue weighted by Crippen LogP contribution is -2.05. The Bertz CT molecular complexity index is 84.0. The fourth-order valence-electron chi connectivity index (χ4n) is 1.75. The van der Waals surface area contributed by atoms with Crippen molar-refractivity contribution >= 4 is 0 Å². The molecule has 0 aliphatic heterocycles. The summed E-state index contributed by atoms with van der Waals surface area (Å²) in [5.74, 6) is 2.71. The number of rotatable bonds is 5. The van der Waals surface area contributed by atoms with E-state index in [4.69, 9.17) is 0 Å². The van der Waals surface area contributed by atoms with Crippen LogP contribution in [0.4, 0.5) is 0 Å². The van der Waals surface area contributed by atoms with Gasteiger partial charge in [-0.1, -0.05) is 41.0 Å². The molecule has 0 saturated heterocycles. The molecule has 1 unspecified atom stereocenters. The second kappa shape index (κ2) is 5.62. The first-order chi connectivity index (χ1) is 5.06. The van der Waals surface area contributed by atoms with Crippen molar-refractivity contribution in [2.75, 3.05) is 0 Å². The van der Waals surface area contributed by atoms with Gasteiger partial charge < -0.3 is 0 Å². The molecule has 0 heterocycles. The first kappa shape index (κ1) is 11.0. The standard InChI is InChI=1S/C11H24/c1-6-10(4)8-11(5)7-9(2)3/h9-11H,6-8H2,1-5H3/t10?,11-/m0/s1. The van der Waals surface area contributed by atoms with Gasteiger partial charge in [0, 0.05) is 0 Å². The molecular weight excluding hydrogens is 132 g/mol. The van der Waals surface area contributed by atoms with E-state index < -0.39 is 0 Å². The molecule has 0 aromatic rings. The summed E-state index contributed by atoms with van der Waals surface area (Å²) in [4.78, 5) is 0. The molecule has 2 atom stereocenters. The molecule has 0 aliphatic rings. The van der Waals surface area contributed by atoms with E-state index in [-0.39, 0.29) is 0 Å². The van der Waals surface area contributed by atoms with Gasteiger partial charge in [0.15, 0.2) is 0 Å². The molecule has 0 N–H and O–H groups in total. The van der Waals surface area contributed by atoms with Crippen molar-refractivity contribution in [3.63, 3.8) is 0 Å². The SMILES string of the molecule is CCC(C)C[C@@H](C)CC(C)C. The van der Waals surface area contributed by atoms with Crippen LogP contribution in [0.3, 0.4) is 0 Å². The van der Waals surface area contributed by atoms with Crippen LogP contribution in [-0.2, 0) is 0 Å². The Hall–Kier alpha value is 0. The monoisotopic (exact) mass is 156 g/mol. The summed E-state index contributed by atoms with van der Waals surface area (Å²) in [6, 6.07) is 0. The lowest BCUT2D eigenvalue weighted by atomic mass is 9.89. The number of hydrogen-bond acceptors (Lipinski definition) is 0. The summed E-state index contributed by atoms with van der Waals surface area (Å²) in [7, 11) is 0. The summed E-state index contributed by atoms with van der Waals surface area (Å²) in [5.41, 5.74) is 0. The van der Waals surface area contributed by atoms with Crippen LogP contribution >= 0.6 is 0 Å². The predicted molar refractivity (Wildman–Crippen MR) is 52.7 cm³/mol. The molecule has 0 aliphatic carbocycles. The van der Waals surface area contributed by atoms with Crippen molar-refractivity contribution < 1.29 is 0 Å². The first-order valence-electron chi connectivity index (χ1n) is 5.06. The molecule has 0 rings (SSSR count). The number of hydrogen-bond donors (Lipinski definition) is 0. The third kappa shape index (κ3) is 6.40. The van der Waals surface area contributed by atoms with Gasteiger partial charge in [0.2, 0.25) is 0 Å². The Morgan fingerprint density at radius 1 is 0.818 bits per heavy atom. The van der Waals surface area contributed by atoms with Crippen LogP contribution in [-0.4, -0.2) is 0 Å². The average molecular weight is 156 g/mol. The Balaban J connectivity index is 3.43. The quantitative estimate of drug-likeness (QED) is 0.562. The third-order valence-corrected chi connectivity index (χ3v) is 2.38. The Morgan fingerprint density at radius 2 is 1.36 bits per heavy atom. The van der Waals surface area contributed by atoms with Crippen molar-refractivity contribution in [3.8, 4) is 0 Å². The van der Waals surface area contributed by atoms with E-state index in [0.717, 1.165) is 17.8 Å². The summed E-state index contributed by atoms with van der Waals surface area (Å²) < 4.78 is 0. The van der Waals surface area contributed by atoms with Crippen molar-refractivity contribution in [2.24, 2.45) is 17.8 Å². The smallest absolute Gasteiger partial charge is 0.0438 e. The minimum absolute atomic E-state index is 0.869.